The van der Waals surface area contributed by atoms with E-state index in [2.05, 4.69) is 36.8 Å². The molecule has 0 spiro atoms. The van der Waals surface area contributed by atoms with Crippen molar-refractivity contribution in [3.63, 3.8) is 0 Å². The van der Waals surface area contributed by atoms with Gasteiger partial charge in [-0.2, -0.15) is 0 Å². The van der Waals surface area contributed by atoms with Gasteiger partial charge in [-0.3, -0.25) is 0 Å². The molecule has 1 N–H and O–H groups in total. The molecule has 0 radical (unpaired) electrons. The molecule has 1 fully saturated rings. The van der Waals surface area contributed by atoms with E-state index in [1.54, 1.807) is 3.88 Å². The Balaban J connectivity index is 0.00000364. The molecule has 28 heavy (non-hydrogen) atoms. The third-order valence-corrected chi connectivity index (χ3v) is 17.3. The zero-order chi connectivity index (χ0) is 18.9. The molecule has 0 aromatic heterocycles. The van der Waals surface area contributed by atoms with Crippen LogP contribution in [0.3, 0.4) is 0 Å². The van der Waals surface area contributed by atoms with Crippen LogP contribution in [0.2, 0.25) is 13.1 Å². The van der Waals surface area contributed by atoms with Crippen LogP contribution in [0, 0.1) is 5.92 Å². The van der Waals surface area contributed by atoms with E-state index in [0.717, 1.165) is 19.3 Å². The van der Waals surface area contributed by atoms with E-state index in [0.29, 0.717) is 5.91 Å². The molecule has 0 aliphatic heterocycles. The summed E-state index contributed by atoms with van der Waals surface area (Å²) in [6.07, 6.45) is 17.8. The average Bonchev–Trinajstić information content (AvgIpc) is 2.91. The molecule has 0 atom stereocenters. The Kier molecular flexibility index (Phi) is 15.5. The number of amides is 1. The molecular weight excluding hydrogens is 441 g/mol. The minimum absolute atomic E-state index is 0. The van der Waals surface area contributed by atoms with Gasteiger partial charge in [0.25, 0.3) is 0 Å². The van der Waals surface area contributed by atoms with Crippen molar-refractivity contribution in [1.29, 1.82) is 0 Å². The molecule has 161 valence electrons. The summed E-state index contributed by atoms with van der Waals surface area (Å²) in [5.74, 6) is 0.697. The molecule has 1 saturated carbocycles. The molecule has 2 aliphatic rings. The number of carbonyl (C=O) groups excluding carboxylic acids is 1. The van der Waals surface area contributed by atoms with Gasteiger partial charge in [0.2, 0.25) is 0 Å². The molecule has 1 amide bonds. The molecule has 0 aromatic rings. The summed E-state index contributed by atoms with van der Waals surface area (Å²) in [7, 11) is 0. The van der Waals surface area contributed by atoms with Crippen molar-refractivity contribution in [1.82, 2.24) is 3.80 Å². The van der Waals surface area contributed by atoms with Gasteiger partial charge in [-0.15, -0.1) is 0 Å². The fourth-order valence-corrected chi connectivity index (χ4v) is 13.8. The van der Waals surface area contributed by atoms with E-state index in [9.17, 15) is 4.79 Å². The second-order valence-electron chi connectivity index (χ2n) is 8.82. The van der Waals surface area contributed by atoms with Crippen LogP contribution < -0.4 is 28.6 Å². The van der Waals surface area contributed by atoms with Crippen LogP contribution >= 0.6 is 0 Å². The monoisotopic (exact) mass is 480 g/mol. The van der Waals surface area contributed by atoms with E-state index < -0.39 is 24.0 Å². The molecular formula is C22H40Cl2NOSiTi. The molecule has 0 aromatic carbocycles. The Morgan fingerprint density at radius 1 is 0.929 bits per heavy atom. The number of hydrogen-bond acceptors (Lipinski definition) is 1. The zero-order valence-corrected chi connectivity index (χ0v) is 22.6. The van der Waals surface area contributed by atoms with Gasteiger partial charge in [0, 0.05) is 0 Å². The van der Waals surface area contributed by atoms with Crippen LogP contribution in [0.1, 0.15) is 90.9 Å². The summed E-state index contributed by atoms with van der Waals surface area (Å²) in [6, 6.07) is 0. The summed E-state index contributed by atoms with van der Waals surface area (Å²) in [5.41, 5.74) is 2.96. The SMILES string of the molecule is CC1=C(C)C[C]([Ti+2]([NH]C(=O)C2CCCCCCCCCCC2)[SiH](C)C)=C1.[Cl-].[Cl-]. The van der Waals surface area contributed by atoms with Crippen molar-refractivity contribution in [3.8, 4) is 0 Å². The quantitative estimate of drug-likeness (QED) is 0.571. The van der Waals surface area contributed by atoms with Crippen molar-refractivity contribution >= 4 is 12.6 Å². The van der Waals surface area contributed by atoms with Crippen LogP contribution in [-0.4, -0.2) is 12.6 Å². The predicted molar refractivity (Wildman–Crippen MR) is 112 cm³/mol. The zero-order valence-electron chi connectivity index (χ0n) is 18.4. The van der Waals surface area contributed by atoms with Crippen LogP contribution in [-0.2, 0) is 22.2 Å². The first-order valence-electron chi connectivity index (χ1n) is 11.0. The number of allylic oxidation sites excluding steroid dienone is 4. The maximum Gasteiger partial charge on any atom is -1.00 e. The predicted octanol–water partition coefficient (Wildman–Crippen LogP) is 0.172. The molecule has 0 saturated heterocycles. The van der Waals surface area contributed by atoms with Crippen LogP contribution in [0.5, 0.6) is 0 Å². The van der Waals surface area contributed by atoms with Gasteiger partial charge in [0.05, 0.1) is 0 Å². The van der Waals surface area contributed by atoms with Crippen molar-refractivity contribution < 1.29 is 47.0 Å². The second kappa shape index (κ2) is 15.3. The normalized spacial score (nSPS) is 19.7. The topological polar surface area (TPSA) is 29.1 Å². The van der Waals surface area contributed by atoms with Crippen LogP contribution in [0.25, 0.3) is 0 Å². The van der Waals surface area contributed by atoms with Gasteiger partial charge in [-0.1, -0.05) is 0 Å². The largest absolute Gasteiger partial charge is 1.00 e. The fourth-order valence-electron chi connectivity index (χ4n) is 4.29. The minimum atomic E-state index is -1.59. The molecule has 0 unspecified atom stereocenters. The third-order valence-electron chi connectivity index (χ3n) is 6.18. The average molecular weight is 481 g/mol. The van der Waals surface area contributed by atoms with Crippen molar-refractivity contribution in [3.05, 3.63) is 21.1 Å². The Morgan fingerprint density at radius 3 is 1.79 bits per heavy atom. The first-order valence-corrected chi connectivity index (χ1v) is 18.2. The van der Waals surface area contributed by atoms with Crippen LogP contribution in [0.4, 0.5) is 0 Å². The summed E-state index contributed by atoms with van der Waals surface area (Å²) < 4.78 is 5.30. The van der Waals surface area contributed by atoms with E-state index in [1.165, 1.54) is 68.9 Å². The maximum absolute atomic E-state index is 13.2. The maximum atomic E-state index is 13.2. The smallest absolute Gasteiger partial charge is 1.00 e. The van der Waals surface area contributed by atoms with E-state index in [4.69, 9.17) is 0 Å². The number of nitrogens with one attached hydrogen (secondary N) is 1. The third kappa shape index (κ3) is 9.51. The van der Waals surface area contributed by atoms with Gasteiger partial charge < -0.3 is 24.8 Å². The first kappa shape index (κ1) is 28.5. The summed E-state index contributed by atoms with van der Waals surface area (Å²) in [6.45, 7) is 8.56. The number of hydrogen-bond donors (Lipinski definition) is 1. The van der Waals surface area contributed by atoms with Gasteiger partial charge in [0.1, 0.15) is 0 Å². The Bertz CT molecular complexity index is 525. The standard InChI is InChI=1S/C13H25NO.C7H9.C2H7Si.2ClH.Ti/c14-13(15)12-10-8-6-4-2-1-3-5-7-9-11-12;1-6-4-3-5-7(6)2;1-3-2;;;/h12H,1-11H2,(H2,14,15);4H,5H2,1-2H3;3H,1-2H3;2*1H;/q;;;;;+3/p-3. The molecule has 2 rings (SSSR count). The fraction of sp³-hybridized carbons (Fsp3) is 0.773. The van der Waals surface area contributed by atoms with Gasteiger partial charge in [-0.05, 0) is 0 Å². The molecule has 6 heteroatoms. The number of carbonyl (C=O) groups is 1. The second-order valence-corrected chi connectivity index (χ2v) is 21.6. The summed E-state index contributed by atoms with van der Waals surface area (Å²) >= 11 is -1.59. The number of halogens is 2. The van der Waals surface area contributed by atoms with Crippen molar-refractivity contribution in [2.75, 3.05) is 0 Å². The van der Waals surface area contributed by atoms with Gasteiger partial charge in [0.15, 0.2) is 0 Å². The van der Waals surface area contributed by atoms with E-state index in [-0.39, 0.29) is 30.7 Å². The Labute approximate surface area is 193 Å². The van der Waals surface area contributed by atoms with Crippen molar-refractivity contribution in [2.45, 2.75) is 104 Å². The molecule has 0 heterocycles. The first-order chi connectivity index (χ1) is 12.5. The minimum Gasteiger partial charge on any atom is -1.00 e. The summed E-state index contributed by atoms with van der Waals surface area (Å²) in [5, 5.41) is 0. The van der Waals surface area contributed by atoms with Gasteiger partial charge >= 0.3 is 170 Å². The van der Waals surface area contributed by atoms with E-state index >= 15 is 0 Å². The summed E-state index contributed by atoms with van der Waals surface area (Å²) in [4.78, 5) is 13.2. The van der Waals surface area contributed by atoms with Crippen molar-refractivity contribution in [2.24, 2.45) is 5.92 Å². The van der Waals surface area contributed by atoms with Crippen LogP contribution in [0.15, 0.2) is 21.1 Å². The molecule has 2 nitrogen and oxygen atoms in total. The number of rotatable bonds is 4. The molecule has 2 aliphatic carbocycles. The van der Waals surface area contributed by atoms with E-state index in [1.807, 2.05) is 0 Å². The van der Waals surface area contributed by atoms with Gasteiger partial charge in [-0.25, -0.2) is 0 Å². The Morgan fingerprint density at radius 2 is 1.39 bits per heavy atom. The Hall–Kier alpha value is 0.461. The molecule has 0 bridgehead atoms.